The van der Waals surface area contributed by atoms with Gasteiger partial charge in [0, 0.05) is 16.3 Å². The number of carbonyl (C=O) groups excluding carboxylic acids is 2. The van der Waals surface area contributed by atoms with Crippen LogP contribution in [0.2, 0.25) is 0 Å². The van der Waals surface area contributed by atoms with Gasteiger partial charge in [-0.2, -0.15) is 0 Å². The Morgan fingerprint density at radius 3 is 2.41 bits per heavy atom. The number of thioether (sulfide) groups is 1. The molecule has 3 rings (SSSR count). The zero-order chi connectivity index (χ0) is 19.2. The van der Waals surface area contributed by atoms with Gasteiger partial charge in [0.1, 0.15) is 0 Å². The van der Waals surface area contributed by atoms with E-state index in [2.05, 4.69) is 16.7 Å². The summed E-state index contributed by atoms with van der Waals surface area (Å²) in [5.74, 6) is 0.147. The molecule has 3 aromatic rings. The van der Waals surface area contributed by atoms with Crippen molar-refractivity contribution in [2.45, 2.75) is 18.7 Å². The molecule has 0 saturated heterocycles. The maximum Gasteiger partial charge on any atom is 0.291 e. The molecular formula is C21H20N2O3S. The minimum Gasteiger partial charge on any atom is -0.459 e. The van der Waals surface area contributed by atoms with Crippen molar-refractivity contribution in [1.82, 2.24) is 0 Å². The van der Waals surface area contributed by atoms with Crippen molar-refractivity contribution in [1.29, 1.82) is 0 Å². The van der Waals surface area contributed by atoms with Crippen molar-refractivity contribution in [3.05, 3.63) is 77.7 Å². The SMILES string of the molecule is Cc1cc(C)cc(NC(=O)CSc2cccc(NC(=O)c3ccco3)c2)c1. The highest BCUT2D eigenvalue weighted by molar-refractivity contribution is 8.00. The number of anilines is 2. The first-order valence-electron chi connectivity index (χ1n) is 8.45. The second-order valence-electron chi connectivity index (χ2n) is 6.17. The summed E-state index contributed by atoms with van der Waals surface area (Å²) in [6, 6.07) is 16.6. The maximum atomic E-state index is 12.2. The quantitative estimate of drug-likeness (QED) is 0.598. The Bertz CT molecular complexity index is 932. The average Bonchev–Trinajstić information content (AvgIpc) is 3.14. The van der Waals surface area contributed by atoms with E-state index in [0.717, 1.165) is 21.7 Å². The summed E-state index contributed by atoms with van der Waals surface area (Å²) < 4.78 is 5.08. The fourth-order valence-corrected chi connectivity index (χ4v) is 3.41. The topological polar surface area (TPSA) is 71.3 Å². The molecule has 0 aliphatic rings. The largest absolute Gasteiger partial charge is 0.459 e. The molecule has 0 saturated carbocycles. The van der Waals surface area contributed by atoms with E-state index in [1.807, 2.05) is 44.2 Å². The standard InChI is InChI=1S/C21H20N2O3S/c1-14-9-15(2)11-17(10-14)22-20(24)13-27-18-6-3-5-16(12-18)23-21(25)19-7-4-8-26-19/h3-12H,13H2,1-2H3,(H,22,24)(H,23,25). The molecule has 2 N–H and O–H groups in total. The van der Waals surface area contributed by atoms with Gasteiger partial charge in [-0.15, -0.1) is 11.8 Å². The smallest absolute Gasteiger partial charge is 0.291 e. The van der Waals surface area contributed by atoms with E-state index >= 15 is 0 Å². The highest BCUT2D eigenvalue weighted by Crippen LogP contribution is 2.23. The lowest BCUT2D eigenvalue weighted by molar-refractivity contribution is -0.113. The predicted octanol–water partition coefficient (Wildman–Crippen LogP) is 4.88. The summed E-state index contributed by atoms with van der Waals surface area (Å²) in [7, 11) is 0. The van der Waals surface area contributed by atoms with E-state index in [-0.39, 0.29) is 23.3 Å². The minimum atomic E-state index is -0.310. The molecule has 0 unspecified atom stereocenters. The number of amides is 2. The molecule has 6 heteroatoms. The molecular weight excluding hydrogens is 360 g/mol. The van der Waals surface area contributed by atoms with Crippen molar-refractivity contribution >= 4 is 35.0 Å². The Morgan fingerprint density at radius 2 is 1.70 bits per heavy atom. The molecule has 2 aromatic carbocycles. The molecule has 2 amide bonds. The second kappa shape index (κ2) is 8.60. The number of hydrogen-bond donors (Lipinski definition) is 2. The van der Waals surface area contributed by atoms with Crippen molar-refractivity contribution in [2.75, 3.05) is 16.4 Å². The molecule has 0 atom stereocenters. The molecule has 138 valence electrons. The van der Waals surface area contributed by atoms with E-state index in [9.17, 15) is 9.59 Å². The highest BCUT2D eigenvalue weighted by atomic mass is 32.2. The normalized spacial score (nSPS) is 10.4. The first-order chi connectivity index (χ1) is 13.0. The van der Waals surface area contributed by atoms with Crippen molar-refractivity contribution in [2.24, 2.45) is 0 Å². The Balaban J connectivity index is 1.56. The van der Waals surface area contributed by atoms with Gasteiger partial charge >= 0.3 is 0 Å². The van der Waals surface area contributed by atoms with E-state index in [4.69, 9.17) is 4.42 Å². The van der Waals surface area contributed by atoms with E-state index in [1.54, 1.807) is 18.2 Å². The number of aryl methyl sites for hydroxylation is 2. The molecule has 0 radical (unpaired) electrons. The summed E-state index contributed by atoms with van der Waals surface area (Å²) in [6.45, 7) is 4.00. The van der Waals surface area contributed by atoms with Crippen molar-refractivity contribution in [3.63, 3.8) is 0 Å². The van der Waals surface area contributed by atoms with Gasteiger partial charge in [-0.25, -0.2) is 0 Å². The van der Waals surface area contributed by atoms with Gasteiger partial charge in [-0.05, 0) is 67.4 Å². The molecule has 0 bridgehead atoms. The fourth-order valence-electron chi connectivity index (χ4n) is 2.66. The van der Waals surface area contributed by atoms with Crippen LogP contribution in [0, 0.1) is 13.8 Å². The summed E-state index contributed by atoms with van der Waals surface area (Å²) in [5, 5.41) is 5.70. The molecule has 0 aliphatic heterocycles. The van der Waals surface area contributed by atoms with Crippen LogP contribution in [0.15, 0.2) is 70.2 Å². The first kappa shape index (κ1) is 18.8. The van der Waals surface area contributed by atoms with Gasteiger partial charge in [0.05, 0.1) is 12.0 Å². The monoisotopic (exact) mass is 380 g/mol. The van der Waals surface area contributed by atoms with Crippen LogP contribution in [0.1, 0.15) is 21.7 Å². The highest BCUT2D eigenvalue weighted by Gasteiger charge is 2.10. The Morgan fingerprint density at radius 1 is 0.926 bits per heavy atom. The van der Waals surface area contributed by atoms with E-state index in [0.29, 0.717) is 5.69 Å². The van der Waals surface area contributed by atoms with Crippen LogP contribution < -0.4 is 10.6 Å². The second-order valence-corrected chi connectivity index (χ2v) is 7.22. The van der Waals surface area contributed by atoms with Crippen LogP contribution in [0.25, 0.3) is 0 Å². The van der Waals surface area contributed by atoms with Crippen LogP contribution >= 0.6 is 11.8 Å². The van der Waals surface area contributed by atoms with E-state index < -0.39 is 0 Å². The molecule has 0 aliphatic carbocycles. The lowest BCUT2D eigenvalue weighted by Crippen LogP contribution is -2.14. The van der Waals surface area contributed by atoms with Gasteiger partial charge in [0.25, 0.3) is 5.91 Å². The summed E-state index contributed by atoms with van der Waals surface area (Å²) in [5.41, 5.74) is 3.67. The Kier molecular flexibility index (Phi) is 5.98. The third kappa shape index (κ3) is 5.49. The molecule has 0 fully saturated rings. The number of benzene rings is 2. The van der Waals surface area contributed by atoms with Crippen LogP contribution in [0.5, 0.6) is 0 Å². The van der Waals surface area contributed by atoms with Gasteiger partial charge in [0.2, 0.25) is 5.91 Å². The van der Waals surface area contributed by atoms with Crippen LogP contribution in [0.3, 0.4) is 0 Å². The molecule has 1 heterocycles. The Labute approximate surface area is 162 Å². The number of hydrogen-bond acceptors (Lipinski definition) is 4. The predicted molar refractivity (Wildman–Crippen MR) is 108 cm³/mol. The minimum absolute atomic E-state index is 0.0741. The maximum absolute atomic E-state index is 12.2. The van der Waals surface area contributed by atoms with Crippen molar-refractivity contribution < 1.29 is 14.0 Å². The van der Waals surface area contributed by atoms with E-state index in [1.165, 1.54) is 18.0 Å². The zero-order valence-corrected chi connectivity index (χ0v) is 15.9. The number of carbonyl (C=O) groups is 2. The third-order valence-corrected chi connectivity index (χ3v) is 4.71. The first-order valence-corrected chi connectivity index (χ1v) is 9.44. The molecule has 5 nitrogen and oxygen atoms in total. The number of rotatable bonds is 6. The molecule has 1 aromatic heterocycles. The summed E-state index contributed by atoms with van der Waals surface area (Å²) in [6.07, 6.45) is 1.45. The number of furan rings is 1. The lowest BCUT2D eigenvalue weighted by atomic mass is 10.1. The van der Waals surface area contributed by atoms with Gasteiger partial charge in [-0.3, -0.25) is 9.59 Å². The van der Waals surface area contributed by atoms with Crippen LogP contribution in [-0.2, 0) is 4.79 Å². The fraction of sp³-hybridized carbons (Fsp3) is 0.143. The molecule has 27 heavy (non-hydrogen) atoms. The Hall–Kier alpha value is -2.99. The lowest BCUT2D eigenvalue weighted by Gasteiger charge is -2.08. The van der Waals surface area contributed by atoms with Crippen LogP contribution in [0.4, 0.5) is 11.4 Å². The molecule has 0 spiro atoms. The summed E-state index contributed by atoms with van der Waals surface area (Å²) in [4.78, 5) is 25.1. The zero-order valence-electron chi connectivity index (χ0n) is 15.1. The third-order valence-electron chi connectivity index (χ3n) is 3.71. The van der Waals surface area contributed by atoms with Gasteiger partial charge < -0.3 is 15.1 Å². The van der Waals surface area contributed by atoms with Gasteiger partial charge in [0.15, 0.2) is 5.76 Å². The van der Waals surface area contributed by atoms with Crippen LogP contribution in [-0.4, -0.2) is 17.6 Å². The number of nitrogens with one attached hydrogen (secondary N) is 2. The average molecular weight is 380 g/mol. The van der Waals surface area contributed by atoms with Gasteiger partial charge in [-0.1, -0.05) is 12.1 Å². The summed E-state index contributed by atoms with van der Waals surface area (Å²) >= 11 is 1.41. The van der Waals surface area contributed by atoms with Crippen molar-refractivity contribution in [3.8, 4) is 0 Å².